The van der Waals surface area contributed by atoms with E-state index in [1.54, 1.807) is 0 Å². The molecule has 0 aliphatic carbocycles. The number of hydrogen-bond donors (Lipinski definition) is 2. The monoisotopic (exact) mass is 262 g/mol. The number of rotatable bonds is 5. The molecule has 6 heteroatoms. The lowest BCUT2D eigenvalue weighted by Gasteiger charge is -2.04. The van der Waals surface area contributed by atoms with Crippen molar-refractivity contribution in [3.63, 3.8) is 0 Å². The van der Waals surface area contributed by atoms with Crippen molar-refractivity contribution in [2.75, 3.05) is 11.9 Å². The first-order valence-electron chi connectivity index (χ1n) is 5.66. The number of aromatic nitrogens is 3. The highest BCUT2D eigenvalue weighted by atomic mass is 32.2. The van der Waals surface area contributed by atoms with E-state index in [1.165, 1.54) is 24.0 Å². The molecule has 0 aliphatic heterocycles. The third-order valence-electron chi connectivity index (χ3n) is 2.17. The molecule has 0 aromatic carbocycles. The summed E-state index contributed by atoms with van der Waals surface area (Å²) in [7, 11) is 0. The second-order valence-electron chi connectivity index (χ2n) is 3.57. The first kappa shape index (κ1) is 12.6. The van der Waals surface area contributed by atoms with Gasteiger partial charge in [0.25, 0.3) is 5.56 Å². The van der Waals surface area contributed by atoms with Gasteiger partial charge in [-0.2, -0.15) is 0 Å². The van der Waals surface area contributed by atoms with Crippen LogP contribution in [-0.2, 0) is 5.75 Å². The maximum atomic E-state index is 11.1. The highest BCUT2D eigenvalue weighted by molar-refractivity contribution is 7.98. The van der Waals surface area contributed by atoms with Crippen molar-refractivity contribution in [3.8, 4) is 0 Å². The summed E-state index contributed by atoms with van der Waals surface area (Å²) in [5.41, 5.74) is 0.812. The van der Waals surface area contributed by atoms with Gasteiger partial charge in [0.1, 0.15) is 5.82 Å². The number of nitrogens with zero attached hydrogens (tertiary/aromatic N) is 2. The molecule has 0 radical (unpaired) electrons. The van der Waals surface area contributed by atoms with E-state index in [1.807, 2.05) is 25.1 Å². The quantitative estimate of drug-likeness (QED) is 0.636. The van der Waals surface area contributed by atoms with Crippen molar-refractivity contribution in [2.24, 2.45) is 0 Å². The zero-order valence-electron chi connectivity index (χ0n) is 10.0. The smallest absolute Gasteiger partial charge is 0.251 e. The molecule has 2 heterocycles. The maximum Gasteiger partial charge on any atom is 0.251 e. The molecule has 0 unspecified atom stereocenters. The number of H-pyrrole nitrogens is 1. The van der Waals surface area contributed by atoms with Crippen LogP contribution in [0.15, 0.2) is 40.4 Å². The Labute approximate surface area is 109 Å². The molecule has 2 aromatic rings. The van der Waals surface area contributed by atoms with Gasteiger partial charge in [-0.1, -0.05) is 17.8 Å². The molecule has 94 valence electrons. The molecule has 0 amide bonds. The fourth-order valence-corrected chi connectivity index (χ4v) is 2.16. The Hall–Kier alpha value is -1.82. The van der Waals surface area contributed by atoms with Gasteiger partial charge in [0.2, 0.25) is 0 Å². The summed E-state index contributed by atoms with van der Waals surface area (Å²) >= 11 is 1.46. The van der Waals surface area contributed by atoms with E-state index in [2.05, 4.69) is 20.3 Å². The summed E-state index contributed by atoms with van der Waals surface area (Å²) < 4.78 is 0. The molecule has 0 spiro atoms. The van der Waals surface area contributed by atoms with Crippen LogP contribution in [0, 0.1) is 0 Å². The molecule has 0 atom stereocenters. The van der Waals surface area contributed by atoms with Gasteiger partial charge in [-0.15, -0.1) is 0 Å². The van der Waals surface area contributed by atoms with Gasteiger partial charge in [0, 0.05) is 24.6 Å². The average molecular weight is 262 g/mol. The van der Waals surface area contributed by atoms with Gasteiger partial charge in [-0.3, -0.25) is 4.79 Å². The molecule has 0 bridgehead atoms. The second kappa shape index (κ2) is 6.20. The predicted octanol–water partition coefficient (Wildman–Crippen LogP) is 1.89. The number of pyridine rings is 1. The summed E-state index contributed by atoms with van der Waals surface area (Å²) in [6, 6.07) is 7.24. The second-order valence-corrected chi connectivity index (χ2v) is 4.54. The molecule has 0 fully saturated rings. The molecule has 2 aromatic heterocycles. The van der Waals surface area contributed by atoms with E-state index in [0.717, 1.165) is 18.1 Å². The lowest BCUT2D eigenvalue weighted by molar-refractivity contribution is 0.935. The SMILES string of the molecule is CCNc1cccc(CSc2nccc(=O)[nH]2)n1. The zero-order valence-corrected chi connectivity index (χ0v) is 10.8. The molecule has 0 saturated carbocycles. The van der Waals surface area contributed by atoms with Crippen LogP contribution in [-0.4, -0.2) is 21.5 Å². The zero-order chi connectivity index (χ0) is 12.8. The Morgan fingerprint density at radius 3 is 3.06 bits per heavy atom. The van der Waals surface area contributed by atoms with Crippen LogP contribution in [0.25, 0.3) is 0 Å². The Morgan fingerprint density at radius 1 is 1.39 bits per heavy atom. The first-order valence-corrected chi connectivity index (χ1v) is 6.64. The summed E-state index contributed by atoms with van der Waals surface area (Å²) in [6.07, 6.45) is 1.50. The van der Waals surface area contributed by atoms with Crippen LogP contribution in [0.5, 0.6) is 0 Å². The number of nitrogens with one attached hydrogen (secondary N) is 2. The van der Waals surface area contributed by atoms with Gasteiger partial charge < -0.3 is 10.3 Å². The topological polar surface area (TPSA) is 70.7 Å². The van der Waals surface area contributed by atoms with E-state index in [9.17, 15) is 4.79 Å². The fraction of sp³-hybridized carbons (Fsp3) is 0.250. The third kappa shape index (κ3) is 3.59. The van der Waals surface area contributed by atoms with E-state index in [4.69, 9.17) is 0 Å². The van der Waals surface area contributed by atoms with Crippen molar-refractivity contribution >= 4 is 17.6 Å². The molecule has 18 heavy (non-hydrogen) atoms. The van der Waals surface area contributed by atoms with E-state index >= 15 is 0 Å². The van der Waals surface area contributed by atoms with Gasteiger partial charge in [-0.05, 0) is 19.1 Å². The Morgan fingerprint density at radius 2 is 2.28 bits per heavy atom. The molecule has 5 nitrogen and oxygen atoms in total. The van der Waals surface area contributed by atoms with Crippen molar-refractivity contribution in [1.29, 1.82) is 0 Å². The molecular weight excluding hydrogens is 248 g/mol. The van der Waals surface area contributed by atoms with E-state index in [-0.39, 0.29) is 5.56 Å². The first-order chi connectivity index (χ1) is 8.78. The van der Waals surface area contributed by atoms with Crippen LogP contribution in [0.3, 0.4) is 0 Å². The lowest BCUT2D eigenvalue weighted by atomic mass is 10.4. The highest BCUT2D eigenvalue weighted by Crippen LogP contribution is 2.17. The van der Waals surface area contributed by atoms with E-state index in [0.29, 0.717) is 10.9 Å². The van der Waals surface area contributed by atoms with Crippen LogP contribution in [0.2, 0.25) is 0 Å². The minimum Gasteiger partial charge on any atom is -0.370 e. The molecular formula is C12H14N4OS. The van der Waals surface area contributed by atoms with Crippen LogP contribution in [0.1, 0.15) is 12.6 Å². The molecule has 2 rings (SSSR count). The summed E-state index contributed by atoms with van der Waals surface area (Å²) in [5.74, 6) is 1.54. The number of anilines is 1. The normalized spacial score (nSPS) is 10.3. The number of hydrogen-bond acceptors (Lipinski definition) is 5. The standard InChI is InChI=1S/C12H14N4OS/c1-2-13-10-5-3-4-9(15-10)8-18-12-14-7-6-11(17)16-12/h3-7H,2,8H2,1H3,(H,13,15)(H,14,16,17). The summed E-state index contributed by atoms with van der Waals surface area (Å²) in [5, 5.41) is 3.77. The lowest BCUT2D eigenvalue weighted by Crippen LogP contribution is -2.05. The molecule has 0 aliphatic rings. The van der Waals surface area contributed by atoms with Gasteiger partial charge in [0.15, 0.2) is 5.16 Å². The fourth-order valence-electron chi connectivity index (χ4n) is 1.41. The largest absolute Gasteiger partial charge is 0.370 e. The number of aromatic amines is 1. The summed E-state index contributed by atoms with van der Waals surface area (Å²) in [4.78, 5) is 22.3. The van der Waals surface area contributed by atoms with Crippen molar-refractivity contribution in [3.05, 3.63) is 46.5 Å². The Balaban J connectivity index is 2.01. The average Bonchev–Trinajstić information content (AvgIpc) is 2.37. The van der Waals surface area contributed by atoms with Crippen molar-refractivity contribution < 1.29 is 0 Å². The highest BCUT2D eigenvalue weighted by Gasteiger charge is 2.00. The minimum atomic E-state index is -0.137. The van der Waals surface area contributed by atoms with Crippen LogP contribution in [0.4, 0.5) is 5.82 Å². The third-order valence-corrected chi connectivity index (χ3v) is 3.09. The van der Waals surface area contributed by atoms with Gasteiger partial charge in [0.05, 0.1) is 5.69 Å². The Bertz CT molecular complexity index is 570. The molecule has 2 N–H and O–H groups in total. The predicted molar refractivity (Wildman–Crippen MR) is 72.8 cm³/mol. The Kier molecular flexibility index (Phi) is 4.35. The van der Waals surface area contributed by atoms with Crippen LogP contribution >= 0.6 is 11.8 Å². The number of thioether (sulfide) groups is 1. The minimum absolute atomic E-state index is 0.137. The van der Waals surface area contributed by atoms with E-state index < -0.39 is 0 Å². The maximum absolute atomic E-state index is 11.1. The van der Waals surface area contributed by atoms with Gasteiger partial charge >= 0.3 is 0 Å². The van der Waals surface area contributed by atoms with Crippen molar-refractivity contribution in [1.82, 2.24) is 15.0 Å². The molecule has 0 saturated heterocycles. The van der Waals surface area contributed by atoms with Crippen LogP contribution < -0.4 is 10.9 Å². The van der Waals surface area contributed by atoms with Crippen molar-refractivity contribution in [2.45, 2.75) is 17.8 Å². The summed E-state index contributed by atoms with van der Waals surface area (Å²) in [6.45, 7) is 2.87. The van der Waals surface area contributed by atoms with Gasteiger partial charge in [-0.25, -0.2) is 9.97 Å².